The zero-order valence-electron chi connectivity index (χ0n) is 22.9. The van der Waals surface area contributed by atoms with Crippen molar-refractivity contribution in [3.63, 3.8) is 0 Å². The summed E-state index contributed by atoms with van der Waals surface area (Å²) in [7, 11) is 0. The Hall–Kier alpha value is -2.52. The molecule has 3 aliphatic rings. The van der Waals surface area contributed by atoms with Gasteiger partial charge in [-0.25, -0.2) is 22.0 Å². The lowest BCUT2D eigenvalue weighted by Gasteiger charge is -2.42. The van der Waals surface area contributed by atoms with E-state index in [-0.39, 0.29) is 39.2 Å². The Kier molecular flexibility index (Phi) is 8.53. The summed E-state index contributed by atoms with van der Waals surface area (Å²) in [5, 5.41) is 2.54. The van der Waals surface area contributed by atoms with Crippen molar-refractivity contribution >= 4 is 5.91 Å². The van der Waals surface area contributed by atoms with Crippen LogP contribution in [0.25, 0.3) is 11.1 Å². The lowest BCUT2D eigenvalue weighted by molar-refractivity contribution is -0.166. The number of carbonyl (C=O) groups excluding carboxylic acids is 1. The minimum Gasteiger partial charge on any atom is -0.369 e. The largest absolute Gasteiger partial charge is 0.369 e. The van der Waals surface area contributed by atoms with Crippen LogP contribution in [0.3, 0.4) is 0 Å². The molecule has 0 aromatic heterocycles. The van der Waals surface area contributed by atoms with Crippen LogP contribution >= 0.6 is 0 Å². The molecule has 9 heteroatoms. The van der Waals surface area contributed by atoms with Gasteiger partial charge in [-0.2, -0.15) is 0 Å². The number of ether oxygens (including phenoxy) is 1. The molecule has 2 aliphatic carbocycles. The molecule has 0 radical (unpaired) electrons. The molecular weight excluding hydrogens is 527 g/mol. The molecule has 40 heavy (non-hydrogen) atoms. The number of rotatable bonds is 8. The molecule has 1 heterocycles. The Balaban J connectivity index is 0.00000387. The summed E-state index contributed by atoms with van der Waals surface area (Å²) in [5.74, 6) is -5.04. The van der Waals surface area contributed by atoms with Crippen molar-refractivity contribution in [2.24, 2.45) is 0 Å². The molecular formula is C31H39F5N2O2. The molecule has 0 bridgehead atoms. The summed E-state index contributed by atoms with van der Waals surface area (Å²) in [5.41, 5.74) is 2.47. The first-order valence-corrected chi connectivity index (χ1v) is 14.3. The summed E-state index contributed by atoms with van der Waals surface area (Å²) in [4.78, 5) is 15.2. The highest BCUT2D eigenvalue weighted by atomic mass is 19.3. The number of hydrogen-bond donors (Lipinski definition) is 1. The van der Waals surface area contributed by atoms with Crippen molar-refractivity contribution in [1.82, 2.24) is 10.2 Å². The summed E-state index contributed by atoms with van der Waals surface area (Å²) in [6, 6.07) is 7.16. The van der Waals surface area contributed by atoms with Gasteiger partial charge in [0.1, 0.15) is 23.8 Å². The quantitative estimate of drug-likeness (QED) is 0.357. The molecule has 5 rings (SSSR count). The molecule has 0 unspecified atom stereocenters. The molecule has 4 atom stereocenters. The highest BCUT2D eigenvalue weighted by molar-refractivity contribution is 5.81. The van der Waals surface area contributed by atoms with Gasteiger partial charge in [-0.3, -0.25) is 9.69 Å². The molecule has 1 N–H and O–H groups in total. The van der Waals surface area contributed by atoms with Crippen molar-refractivity contribution < 1.29 is 32.9 Å². The molecule has 1 amide bonds. The number of alkyl halides is 3. The monoisotopic (exact) mass is 566 g/mol. The number of nitrogens with zero attached hydrogens (tertiary/aromatic N) is 1. The number of likely N-dealkylation sites (tertiary alicyclic amines) is 1. The van der Waals surface area contributed by atoms with E-state index in [0.29, 0.717) is 36.1 Å². The smallest absolute Gasteiger partial charge is 0.270 e. The standard InChI is InChI=1S/C31H37F5N2O2.H2/c1-18(2)38-12-10-26(25(34)17-38)40-27-7-4-11-31(35,36)30(27)37-28(39)15-20-5-3-6-24(29(20)19-8-9-19)21-13-22(32)16-23(33)14-21;/h3,5-6,13-14,16,18-19,25-27,30H,4,7-12,15,17H2,1-2H3,(H,37,39);1H/t25-,26+,27-,30+;/m0./s1. The first-order chi connectivity index (χ1) is 19.0. The number of carbonyl (C=O) groups is 1. The Labute approximate surface area is 233 Å². The van der Waals surface area contributed by atoms with Gasteiger partial charge in [-0.1, -0.05) is 18.2 Å². The highest BCUT2D eigenvalue weighted by Crippen LogP contribution is 2.46. The first-order valence-electron chi connectivity index (χ1n) is 14.3. The maximum Gasteiger partial charge on any atom is 0.270 e. The maximum atomic E-state index is 15.1. The minimum atomic E-state index is -3.19. The molecule has 220 valence electrons. The predicted octanol–water partition coefficient (Wildman–Crippen LogP) is 6.81. The zero-order valence-corrected chi connectivity index (χ0v) is 22.9. The van der Waals surface area contributed by atoms with E-state index in [9.17, 15) is 18.0 Å². The van der Waals surface area contributed by atoms with Crippen LogP contribution < -0.4 is 5.32 Å². The van der Waals surface area contributed by atoms with Gasteiger partial charge in [0.15, 0.2) is 0 Å². The van der Waals surface area contributed by atoms with Gasteiger partial charge >= 0.3 is 0 Å². The third-order valence-corrected chi connectivity index (χ3v) is 8.44. The van der Waals surface area contributed by atoms with Gasteiger partial charge in [-0.05, 0) is 86.3 Å². The summed E-state index contributed by atoms with van der Waals surface area (Å²) in [6.45, 7) is 4.79. The lowest BCUT2D eigenvalue weighted by atomic mass is 9.87. The van der Waals surface area contributed by atoms with E-state index in [4.69, 9.17) is 4.74 Å². The first kappa shape index (κ1) is 29.0. The Bertz CT molecular complexity index is 1200. The molecule has 4 nitrogen and oxygen atoms in total. The second-order valence-corrected chi connectivity index (χ2v) is 11.8. The Morgan fingerprint density at radius 2 is 1.82 bits per heavy atom. The number of amides is 1. The van der Waals surface area contributed by atoms with Crippen LogP contribution in [0.1, 0.15) is 70.8 Å². The summed E-state index contributed by atoms with van der Waals surface area (Å²) >= 11 is 0. The van der Waals surface area contributed by atoms with E-state index in [0.717, 1.165) is 24.5 Å². The molecule has 1 saturated heterocycles. The fourth-order valence-corrected chi connectivity index (χ4v) is 6.21. The molecule has 2 aromatic carbocycles. The van der Waals surface area contributed by atoms with Crippen molar-refractivity contribution in [3.8, 4) is 11.1 Å². The van der Waals surface area contributed by atoms with Gasteiger partial charge in [0.25, 0.3) is 5.92 Å². The van der Waals surface area contributed by atoms with Gasteiger partial charge in [0.05, 0.1) is 18.6 Å². The van der Waals surface area contributed by atoms with Crippen LogP contribution in [0.5, 0.6) is 0 Å². The molecule has 2 aromatic rings. The zero-order chi connectivity index (χ0) is 28.6. The van der Waals surface area contributed by atoms with Crippen LogP contribution in [0.2, 0.25) is 0 Å². The van der Waals surface area contributed by atoms with Crippen molar-refractivity contribution in [3.05, 3.63) is 59.2 Å². The molecule has 1 aliphatic heterocycles. The van der Waals surface area contributed by atoms with Gasteiger partial charge in [0, 0.05) is 33.0 Å². The second kappa shape index (κ2) is 11.8. The van der Waals surface area contributed by atoms with Crippen LogP contribution in [-0.2, 0) is 16.0 Å². The van der Waals surface area contributed by atoms with E-state index in [1.165, 1.54) is 12.1 Å². The Morgan fingerprint density at radius 3 is 2.48 bits per heavy atom. The SMILES string of the molecule is CC(C)N1CC[C@@H](O[C@H]2CCCC(F)(F)[C@@H]2NC(=O)Cc2cccc(-c3cc(F)cc(F)c3)c2C2CC2)[C@@H](F)C1.[HH]. The highest BCUT2D eigenvalue weighted by Gasteiger charge is 2.50. The molecule has 3 fully saturated rings. The third kappa shape index (κ3) is 6.51. The van der Waals surface area contributed by atoms with Gasteiger partial charge in [-0.15, -0.1) is 0 Å². The van der Waals surface area contributed by atoms with E-state index in [1.54, 1.807) is 18.2 Å². The third-order valence-electron chi connectivity index (χ3n) is 8.44. The van der Waals surface area contributed by atoms with Gasteiger partial charge < -0.3 is 10.1 Å². The number of halogens is 5. The average molecular weight is 567 g/mol. The topological polar surface area (TPSA) is 41.6 Å². The van der Waals surface area contributed by atoms with E-state index >= 15 is 8.78 Å². The number of piperidine rings is 1. The van der Waals surface area contributed by atoms with Crippen LogP contribution in [0.4, 0.5) is 22.0 Å². The van der Waals surface area contributed by atoms with E-state index in [1.807, 2.05) is 18.7 Å². The van der Waals surface area contributed by atoms with Crippen LogP contribution in [0, 0.1) is 11.6 Å². The van der Waals surface area contributed by atoms with Crippen molar-refractivity contribution in [2.45, 2.75) is 101 Å². The average Bonchev–Trinajstić information content (AvgIpc) is 3.71. The van der Waals surface area contributed by atoms with E-state index in [2.05, 4.69) is 5.32 Å². The molecule has 0 spiro atoms. The fraction of sp³-hybridized carbons (Fsp3) is 0.581. The van der Waals surface area contributed by atoms with E-state index < -0.39 is 47.9 Å². The van der Waals surface area contributed by atoms with Crippen LogP contribution in [0.15, 0.2) is 36.4 Å². The van der Waals surface area contributed by atoms with Crippen LogP contribution in [-0.4, -0.2) is 60.3 Å². The summed E-state index contributed by atoms with van der Waals surface area (Å²) in [6.07, 6.45) is -0.925. The summed E-state index contributed by atoms with van der Waals surface area (Å²) < 4.78 is 79.2. The maximum absolute atomic E-state index is 15.1. The Morgan fingerprint density at radius 1 is 1.10 bits per heavy atom. The van der Waals surface area contributed by atoms with Gasteiger partial charge in [0.2, 0.25) is 5.91 Å². The second-order valence-electron chi connectivity index (χ2n) is 11.8. The predicted molar refractivity (Wildman–Crippen MR) is 145 cm³/mol. The fourth-order valence-electron chi connectivity index (χ4n) is 6.21. The number of hydrogen-bond acceptors (Lipinski definition) is 3. The number of nitrogens with one attached hydrogen (secondary N) is 1. The number of benzene rings is 2. The minimum absolute atomic E-state index is 0. The molecule has 2 saturated carbocycles. The lowest BCUT2D eigenvalue weighted by Crippen LogP contribution is -2.59. The van der Waals surface area contributed by atoms with Crippen molar-refractivity contribution in [1.29, 1.82) is 0 Å². The normalized spacial score (nSPS) is 27.1. The van der Waals surface area contributed by atoms with Crippen molar-refractivity contribution in [2.75, 3.05) is 13.1 Å².